The first-order valence-electron chi connectivity index (χ1n) is 8.46. The number of hydrogen-bond donors (Lipinski definition) is 1. The van der Waals surface area contributed by atoms with E-state index in [1.165, 1.54) is 17.3 Å². The molecule has 1 N–H and O–H groups in total. The van der Waals surface area contributed by atoms with E-state index in [0.717, 1.165) is 17.0 Å². The van der Waals surface area contributed by atoms with E-state index in [-0.39, 0.29) is 11.7 Å². The summed E-state index contributed by atoms with van der Waals surface area (Å²) in [5.41, 5.74) is 3.67. The van der Waals surface area contributed by atoms with Gasteiger partial charge >= 0.3 is 0 Å². The largest absolute Gasteiger partial charge is 0.310 e. The summed E-state index contributed by atoms with van der Waals surface area (Å²) in [6, 6.07) is 15.5. The molecule has 0 saturated carbocycles. The maximum Gasteiger partial charge on any atom is 0.236 e. The molecule has 8 heteroatoms. The second-order valence-corrected chi connectivity index (χ2v) is 7.11. The van der Waals surface area contributed by atoms with Crippen LogP contribution in [0, 0.1) is 13.8 Å². The van der Waals surface area contributed by atoms with E-state index >= 15 is 0 Å². The van der Waals surface area contributed by atoms with Crippen LogP contribution in [0.25, 0.3) is 11.3 Å². The van der Waals surface area contributed by atoms with Crippen molar-refractivity contribution in [3.8, 4) is 5.69 Å². The highest BCUT2D eigenvalue weighted by Crippen LogP contribution is 2.20. The Balaban J connectivity index is 1.48. The number of rotatable bonds is 5. The highest BCUT2D eigenvalue weighted by molar-refractivity contribution is 7.99. The Morgan fingerprint density at radius 2 is 1.93 bits per heavy atom. The zero-order valence-corrected chi connectivity index (χ0v) is 15.8. The number of aryl methyl sites for hydroxylation is 2. The van der Waals surface area contributed by atoms with Gasteiger partial charge in [-0.05, 0) is 38.1 Å². The fourth-order valence-electron chi connectivity index (χ4n) is 2.70. The minimum absolute atomic E-state index is 0.124. The molecule has 136 valence electrons. The molecule has 0 saturated heterocycles. The van der Waals surface area contributed by atoms with Gasteiger partial charge in [0.2, 0.25) is 5.91 Å². The zero-order chi connectivity index (χ0) is 18.8. The van der Waals surface area contributed by atoms with Gasteiger partial charge in [-0.3, -0.25) is 9.20 Å². The van der Waals surface area contributed by atoms with Gasteiger partial charge in [-0.2, -0.15) is 5.10 Å². The summed E-state index contributed by atoms with van der Waals surface area (Å²) in [6.45, 7) is 3.93. The fraction of sp³-hybridized carbons (Fsp3) is 0.158. The van der Waals surface area contributed by atoms with Crippen molar-refractivity contribution >= 4 is 29.1 Å². The van der Waals surface area contributed by atoms with Gasteiger partial charge in [0, 0.05) is 12.3 Å². The molecule has 0 radical (unpaired) electrons. The topological polar surface area (TPSA) is 77.1 Å². The first-order chi connectivity index (χ1) is 13.1. The molecule has 4 rings (SSSR count). The third kappa shape index (κ3) is 3.70. The molecule has 7 nitrogen and oxygen atoms in total. The van der Waals surface area contributed by atoms with E-state index in [9.17, 15) is 4.79 Å². The Morgan fingerprint density at radius 3 is 2.74 bits per heavy atom. The van der Waals surface area contributed by atoms with E-state index in [1.807, 2.05) is 73.0 Å². The number of hydrogen-bond acceptors (Lipinski definition) is 5. The van der Waals surface area contributed by atoms with Crippen molar-refractivity contribution < 1.29 is 4.79 Å². The van der Waals surface area contributed by atoms with Gasteiger partial charge in [-0.15, -0.1) is 10.2 Å². The number of amides is 1. The highest BCUT2D eigenvalue weighted by Gasteiger charge is 2.13. The molecule has 1 amide bonds. The van der Waals surface area contributed by atoms with Gasteiger partial charge in [0.1, 0.15) is 5.82 Å². The summed E-state index contributed by atoms with van der Waals surface area (Å²) >= 11 is 1.34. The molecule has 0 bridgehead atoms. The number of fused-ring (bicyclic) bond motifs is 1. The smallest absolute Gasteiger partial charge is 0.236 e. The second-order valence-electron chi connectivity index (χ2n) is 6.17. The third-order valence-electron chi connectivity index (χ3n) is 3.99. The van der Waals surface area contributed by atoms with Gasteiger partial charge < -0.3 is 5.32 Å². The lowest BCUT2D eigenvalue weighted by Crippen LogP contribution is -2.17. The van der Waals surface area contributed by atoms with Crippen molar-refractivity contribution in [3.63, 3.8) is 0 Å². The molecule has 3 heterocycles. The SMILES string of the molecule is Cc1ccc(-n2nc(C)cc2NC(=O)CSc2nnc3ccccn23)cc1. The number of anilines is 1. The number of nitrogens with one attached hydrogen (secondary N) is 1. The predicted octanol–water partition coefficient (Wildman–Crippen LogP) is 3.26. The summed E-state index contributed by atoms with van der Waals surface area (Å²) in [6.07, 6.45) is 1.88. The van der Waals surface area contributed by atoms with E-state index in [0.29, 0.717) is 11.0 Å². The van der Waals surface area contributed by atoms with Crippen LogP contribution < -0.4 is 5.32 Å². The fourth-order valence-corrected chi connectivity index (χ4v) is 3.42. The molecule has 0 atom stereocenters. The van der Waals surface area contributed by atoms with E-state index in [2.05, 4.69) is 20.6 Å². The van der Waals surface area contributed by atoms with Crippen molar-refractivity contribution in [2.24, 2.45) is 0 Å². The van der Waals surface area contributed by atoms with Crippen molar-refractivity contribution in [2.75, 3.05) is 11.1 Å². The lowest BCUT2D eigenvalue weighted by Gasteiger charge is -2.09. The number of benzene rings is 1. The van der Waals surface area contributed by atoms with Crippen LogP contribution in [0.1, 0.15) is 11.3 Å². The normalized spacial score (nSPS) is 11.0. The van der Waals surface area contributed by atoms with E-state index in [4.69, 9.17) is 0 Å². The van der Waals surface area contributed by atoms with Gasteiger partial charge in [0.25, 0.3) is 0 Å². The first-order valence-corrected chi connectivity index (χ1v) is 9.45. The third-order valence-corrected chi connectivity index (χ3v) is 4.94. The van der Waals surface area contributed by atoms with Gasteiger partial charge in [-0.25, -0.2) is 4.68 Å². The summed E-state index contributed by atoms with van der Waals surface area (Å²) < 4.78 is 3.60. The van der Waals surface area contributed by atoms with Crippen LogP contribution in [0.5, 0.6) is 0 Å². The van der Waals surface area contributed by atoms with Gasteiger partial charge in [-0.1, -0.05) is 35.5 Å². The molecule has 0 aliphatic rings. The monoisotopic (exact) mass is 378 g/mol. The van der Waals surface area contributed by atoms with Crippen LogP contribution in [0.15, 0.2) is 59.9 Å². The van der Waals surface area contributed by atoms with Crippen molar-refractivity contribution in [3.05, 3.63) is 66.0 Å². The minimum Gasteiger partial charge on any atom is -0.310 e. The van der Waals surface area contributed by atoms with Gasteiger partial charge in [0.05, 0.1) is 17.1 Å². The second kappa shape index (κ2) is 7.24. The van der Waals surface area contributed by atoms with Crippen LogP contribution in [-0.4, -0.2) is 36.0 Å². The molecule has 3 aromatic heterocycles. The Morgan fingerprint density at radius 1 is 1.11 bits per heavy atom. The average molecular weight is 378 g/mol. The van der Waals surface area contributed by atoms with Crippen LogP contribution in [-0.2, 0) is 4.79 Å². The molecule has 27 heavy (non-hydrogen) atoms. The number of nitrogens with zero attached hydrogens (tertiary/aromatic N) is 5. The Bertz CT molecular complexity index is 1100. The number of thioether (sulfide) groups is 1. The quantitative estimate of drug-likeness (QED) is 0.540. The van der Waals surface area contributed by atoms with Crippen molar-refractivity contribution in [2.45, 2.75) is 19.0 Å². The molecular formula is C19H18N6OS. The summed E-state index contributed by atoms with van der Waals surface area (Å²) in [7, 11) is 0. The van der Waals surface area contributed by atoms with Crippen LogP contribution in [0.3, 0.4) is 0 Å². The molecule has 0 unspecified atom stereocenters. The molecule has 4 aromatic rings. The average Bonchev–Trinajstić information content (AvgIpc) is 3.24. The van der Waals surface area contributed by atoms with Crippen molar-refractivity contribution in [1.29, 1.82) is 0 Å². The molecule has 0 fully saturated rings. The standard InChI is InChI=1S/C19H18N6OS/c1-13-6-8-15(9-7-13)25-17(11-14(2)23-25)20-18(26)12-27-19-22-21-16-5-3-4-10-24(16)19/h3-11H,12H2,1-2H3,(H,20,26). The van der Waals surface area contributed by atoms with Crippen LogP contribution in [0.4, 0.5) is 5.82 Å². The summed E-state index contributed by atoms with van der Waals surface area (Å²) in [5.74, 6) is 0.752. The Labute approximate surface area is 160 Å². The lowest BCUT2D eigenvalue weighted by molar-refractivity contribution is -0.113. The van der Waals surface area contributed by atoms with E-state index < -0.39 is 0 Å². The molecule has 0 spiro atoms. The number of carbonyl (C=O) groups is 1. The number of aromatic nitrogens is 5. The van der Waals surface area contributed by atoms with Gasteiger partial charge in [0.15, 0.2) is 10.8 Å². The molecular weight excluding hydrogens is 360 g/mol. The van der Waals surface area contributed by atoms with Crippen LogP contribution >= 0.6 is 11.8 Å². The van der Waals surface area contributed by atoms with Crippen molar-refractivity contribution in [1.82, 2.24) is 24.4 Å². The minimum atomic E-state index is -0.124. The van der Waals surface area contributed by atoms with E-state index in [1.54, 1.807) is 4.68 Å². The Hall–Kier alpha value is -3.13. The number of pyridine rings is 1. The molecule has 1 aromatic carbocycles. The molecule has 0 aliphatic carbocycles. The highest BCUT2D eigenvalue weighted by atomic mass is 32.2. The Kier molecular flexibility index (Phi) is 4.64. The summed E-state index contributed by atoms with van der Waals surface area (Å²) in [4.78, 5) is 12.5. The maximum atomic E-state index is 12.5. The first kappa shape index (κ1) is 17.3. The lowest BCUT2D eigenvalue weighted by atomic mass is 10.2. The maximum absolute atomic E-state index is 12.5. The zero-order valence-electron chi connectivity index (χ0n) is 15.0. The van der Waals surface area contributed by atoms with Crippen LogP contribution in [0.2, 0.25) is 0 Å². The molecule has 0 aliphatic heterocycles. The summed E-state index contributed by atoms with van der Waals surface area (Å²) in [5, 5.41) is 16.3. The number of carbonyl (C=O) groups excluding carboxylic acids is 1. The predicted molar refractivity (Wildman–Crippen MR) is 105 cm³/mol.